The monoisotopic (exact) mass is 400 g/mol. The number of nitrogens with zero attached hydrogens (tertiary/aromatic N) is 1. The summed E-state index contributed by atoms with van der Waals surface area (Å²) in [5, 5.41) is 8.24. The van der Waals surface area contributed by atoms with Crippen molar-refractivity contribution in [3.63, 3.8) is 0 Å². The molecule has 1 unspecified atom stereocenters. The number of carbonyl (C=O) groups is 3. The number of para-hydroxylation sites is 2. The van der Waals surface area contributed by atoms with E-state index >= 15 is 0 Å². The quantitative estimate of drug-likeness (QED) is 0.566. The van der Waals surface area contributed by atoms with E-state index in [2.05, 4.69) is 16.0 Å². The minimum Gasteiger partial charge on any atom is -0.325 e. The van der Waals surface area contributed by atoms with E-state index in [1.807, 2.05) is 36.4 Å². The fourth-order valence-corrected chi connectivity index (χ4v) is 3.27. The molecule has 1 aliphatic rings. The normalized spacial score (nSPS) is 15.6. The Morgan fingerprint density at radius 1 is 0.800 bits per heavy atom. The standard InChI is InChI=1S/C23H20N4O3/c28-21-20(26-23(30)27(21)19-9-5-2-6-10-19)15-16-11-13-18(14-12-16)25-22(29)24-17-7-3-1-4-8-17/h1-14,20H,15H2,(H,26,30)(H2,24,25,29). The number of urea groups is 2. The van der Waals surface area contributed by atoms with Crippen molar-refractivity contribution in [2.45, 2.75) is 12.5 Å². The molecule has 7 heteroatoms. The molecular formula is C23H20N4O3. The molecule has 1 atom stereocenters. The average molecular weight is 400 g/mol. The number of anilines is 3. The smallest absolute Gasteiger partial charge is 0.325 e. The van der Waals surface area contributed by atoms with Crippen molar-refractivity contribution < 1.29 is 14.4 Å². The van der Waals surface area contributed by atoms with Gasteiger partial charge in [-0.3, -0.25) is 4.79 Å². The van der Waals surface area contributed by atoms with Crippen LogP contribution in [0.15, 0.2) is 84.9 Å². The Kier molecular flexibility index (Phi) is 5.43. The highest BCUT2D eigenvalue weighted by molar-refractivity contribution is 6.21. The minimum atomic E-state index is -0.627. The van der Waals surface area contributed by atoms with Gasteiger partial charge in [-0.2, -0.15) is 0 Å². The summed E-state index contributed by atoms with van der Waals surface area (Å²) in [4.78, 5) is 38.2. The van der Waals surface area contributed by atoms with Gasteiger partial charge in [0.15, 0.2) is 0 Å². The van der Waals surface area contributed by atoms with Crippen molar-refractivity contribution in [1.29, 1.82) is 0 Å². The third-order valence-corrected chi connectivity index (χ3v) is 4.72. The lowest BCUT2D eigenvalue weighted by Gasteiger charge is -2.13. The van der Waals surface area contributed by atoms with Gasteiger partial charge in [0.05, 0.1) is 5.69 Å². The zero-order valence-electron chi connectivity index (χ0n) is 16.0. The number of hydrogen-bond donors (Lipinski definition) is 3. The SMILES string of the molecule is O=C(Nc1ccccc1)Nc1ccc(CC2NC(=O)N(c3ccccc3)C2=O)cc1. The molecule has 0 radical (unpaired) electrons. The Bertz CT molecular complexity index is 1050. The first-order valence-corrected chi connectivity index (χ1v) is 9.52. The van der Waals surface area contributed by atoms with Crippen LogP contribution in [0.1, 0.15) is 5.56 Å². The number of rotatable bonds is 5. The van der Waals surface area contributed by atoms with Crippen molar-refractivity contribution in [1.82, 2.24) is 5.32 Å². The molecule has 1 aliphatic heterocycles. The second-order valence-corrected chi connectivity index (χ2v) is 6.86. The molecule has 0 saturated carbocycles. The highest BCUT2D eigenvalue weighted by Gasteiger charge is 2.38. The lowest BCUT2D eigenvalue weighted by Crippen LogP contribution is -2.32. The van der Waals surface area contributed by atoms with Crippen LogP contribution in [0.25, 0.3) is 0 Å². The summed E-state index contributed by atoms with van der Waals surface area (Å²) in [5.74, 6) is -0.282. The largest absolute Gasteiger partial charge is 0.329 e. The summed E-state index contributed by atoms with van der Waals surface area (Å²) in [7, 11) is 0. The van der Waals surface area contributed by atoms with Gasteiger partial charge in [-0.15, -0.1) is 0 Å². The summed E-state index contributed by atoms with van der Waals surface area (Å²) in [6, 6.07) is 23.8. The Morgan fingerprint density at radius 3 is 2.00 bits per heavy atom. The van der Waals surface area contributed by atoms with Crippen molar-refractivity contribution >= 4 is 35.0 Å². The first-order chi connectivity index (χ1) is 14.6. The molecule has 1 heterocycles. The Morgan fingerprint density at radius 2 is 1.37 bits per heavy atom. The Labute approximate surface area is 173 Å². The van der Waals surface area contributed by atoms with Crippen LogP contribution in [0.3, 0.4) is 0 Å². The predicted molar refractivity (Wildman–Crippen MR) is 115 cm³/mol. The molecule has 0 bridgehead atoms. The highest BCUT2D eigenvalue weighted by atomic mass is 16.2. The molecule has 0 aromatic heterocycles. The summed E-state index contributed by atoms with van der Waals surface area (Å²) < 4.78 is 0. The van der Waals surface area contributed by atoms with Gasteiger partial charge in [0.25, 0.3) is 5.91 Å². The molecule has 4 rings (SSSR count). The van der Waals surface area contributed by atoms with Gasteiger partial charge in [0.1, 0.15) is 6.04 Å². The van der Waals surface area contributed by atoms with E-state index < -0.39 is 12.1 Å². The van der Waals surface area contributed by atoms with Crippen LogP contribution in [0.5, 0.6) is 0 Å². The van der Waals surface area contributed by atoms with Crippen LogP contribution < -0.4 is 20.9 Å². The molecule has 150 valence electrons. The maximum atomic E-state index is 12.7. The molecule has 30 heavy (non-hydrogen) atoms. The molecule has 5 amide bonds. The van der Waals surface area contributed by atoms with Gasteiger partial charge in [0, 0.05) is 17.8 Å². The van der Waals surface area contributed by atoms with Crippen LogP contribution in [-0.2, 0) is 11.2 Å². The van der Waals surface area contributed by atoms with Crippen LogP contribution in [0, 0.1) is 0 Å². The minimum absolute atomic E-state index is 0.282. The fraction of sp³-hybridized carbons (Fsp3) is 0.0870. The molecule has 3 N–H and O–H groups in total. The maximum Gasteiger partial charge on any atom is 0.329 e. The third kappa shape index (κ3) is 4.30. The van der Waals surface area contributed by atoms with Crippen molar-refractivity contribution in [3.05, 3.63) is 90.5 Å². The van der Waals surface area contributed by atoms with Crippen LogP contribution >= 0.6 is 0 Å². The fourth-order valence-electron chi connectivity index (χ4n) is 3.27. The third-order valence-electron chi connectivity index (χ3n) is 4.72. The molecule has 1 saturated heterocycles. The first-order valence-electron chi connectivity index (χ1n) is 9.52. The van der Waals surface area contributed by atoms with E-state index in [0.717, 1.165) is 10.5 Å². The summed E-state index contributed by atoms with van der Waals surface area (Å²) in [6.45, 7) is 0. The molecule has 0 aliphatic carbocycles. The molecule has 3 aromatic rings. The molecule has 1 fully saturated rings. The second-order valence-electron chi connectivity index (χ2n) is 6.86. The highest BCUT2D eigenvalue weighted by Crippen LogP contribution is 2.21. The van der Waals surface area contributed by atoms with E-state index in [1.165, 1.54) is 0 Å². The summed E-state index contributed by atoms with van der Waals surface area (Å²) in [5.41, 5.74) is 2.74. The van der Waals surface area contributed by atoms with Crippen molar-refractivity contribution in [2.24, 2.45) is 0 Å². The topological polar surface area (TPSA) is 90.5 Å². The number of amides is 5. The van der Waals surface area contributed by atoms with E-state index in [9.17, 15) is 14.4 Å². The Balaban J connectivity index is 1.36. The van der Waals surface area contributed by atoms with Gasteiger partial charge >= 0.3 is 12.1 Å². The van der Waals surface area contributed by atoms with Gasteiger partial charge in [-0.1, -0.05) is 48.5 Å². The second kappa shape index (κ2) is 8.48. The maximum absolute atomic E-state index is 12.7. The van der Waals surface area contributed by atoms with Crippen molar-refractivity contribution in [2.75, 3.05) is 15.5 Å². The number of nitrogens with one attached hydrogen (secondary N) is 3. The van der Waals surface area contributed by atoms with Crippen LogP contribution in [0.4, 0.5) is 26.7 Å². The van der Waals surface area contributed by atoms with Crippen LogP contribution in [-0.4, -0.2) is 24.0 Å². The van der Waals surface area contributed by atoms with E-state index in [1.54, 1.807) is 48.5 Å². The lowest BCUT2D eigenvalue weighted by atomic mass is 10.1. The van der Waals surface area contributed by atoms with Gasteiger partial charge in [0.2, 0.25) is 0 Å². The molecule has 3 aromatic carbocycles. The number of carbonyl (C=O) groups excluding carboxylic acids is 3. The van der Waals surface area contributed by atoms with Gasteiger partial charge in [-0.05, 0) is 42.0 Å². The zero-order chi connectivity index (χ0) is 20.9. The summed E-state index contributed by atoms with van der Waals surface area (Å²) in [6.07, 6.45) is 0.365. The van der Waals surface area contributed by atoms with Crippen molar-refractivity contribution in [3.8, 4) is 0 Å². The first kappa shape index (κ1) is 19.2. The number of imide groups is 1. The molecular weight excluding hydrogens is 380 g/mol. The van der Waals surface area contributed by atoms with E-state index in [0.29, 0.717) is 23.5 Å². The number of hydrogen-bond acceptors (Lipinski definition) is 3. The molecule has 7 nitrogen and oxygen atoms in total. The van der Waals surface area contributed by atoms with Gasteiger partial charge in [-0.25, -0.2) is 14.5 Å². The number of benzene rings is 3. The average Bonchev–Trinajstić information content (AvgIpc) is 3.03. The lowest BCUT2D eigenvalue weighted by molar-refractivity contribution is -0.118. The summed E-state index contributed by atoms with van der Waals surface area (Å²) >= 11 is 0. The zero-order valence-corrected chi connectivity index (χ0v) is 16.0. The predicted octanol–water partition coefficient (Wildman–Crippen LogP) is 4.00. The Hall–Kier alpha value is -4.13. The van der Waals surface area contributed by atoms with E-state index in [4.69, 9.17) is 0 Å². The van der Waals surface area contributed by atoms with E-state index in [-0.39, 0.29) is 11.9 Å². The van der Waals surface area contributed by atoms with Gasteiger partial charge < -0.3 is 16.0 Å². The molecule has 0 spiro atoms. The van der Waals surface area contributed by atoms with Crippen LogP contribution in [0.2, 0.25) is 0 Å².